The molecule has 0 saturated heterocycles. The summed E-state index contributed by atoms with van der Waals surface area (Å²) in [6.07, 6.45) is 3.48. The second-order valence-electron chi connectivity index (χ2n) is 4.21. The number of hydrogen-bond donors (Lipinski definition) is 1. The van der Waals surface area contributed by atoms with Gasteiger partial charge in [-0.1, -0.05) is 36.4 Å². The van der Waals surface area contributed by atoms with Crippen LogP contribution in [0.15, 0.2) is 54.9 Å². The van der Waals surface area contributed by atoms with E-state index in [-0.39, 0.29) is 11.8 Å². The average Bonchev–Trinajstić information content (AvgIpc) is 2.46. The van der Waals surface area contributed by atoms with E-state index in [9.17, 15) is 4.79 Å². The lowest BCUT2D eigenvalue weighted by atomic mass is 10.0. The SMILES string of the molecule is C[C@@H](C(=O)NCc1cccnc1)c1ccccc1. The van der Waals surface area contributed by atoms with Crippen molar-refractivity contribution in [3.63, 3.8) is 0 Å². The quantitative estimate of drug-likeness (QED) is 0.892. The van der Waals surface area contributed by atoms with Gasteiger partial charge in [0.25, 0.3) is 0 Å². The topological polar surface area (TPSA) is 42.0 Å². The maximum Gasteiger partial charge on any atom is 0.227 e. The summed E-state index contributed by atoms with van der Waals surface area (Å²) in [5, 5.41) is 2.92. The average molecular weight is 240 g/mol. The minimum absolute atomic E-state index is 0.0325. The molecular weight excluding hydrogens is 224 g/mol. The lowest BCUT2D eigenvalue weighted by molar-refractivity contribution is -0.122. The molecule has 0 aliphatic carbocycles. The van der Waals surface area contributed by atoms with E-state index in [0.29, 0.717) is 6.54 Å². The molecule has 3 nitrogen and oxygen atoms in total. The number of carbonyl (C=O) groups excluding carboxylic acids is 1. The van der Waals surface area contributed by atoms with Gasteiger partial charge in [-0.25, -0.2) is 0 Å². The van der Waals surface area contributed by atoms with Gasteiger partial charge in [0, 0.05) is 18.9 Å². The van der Waals surface area contributed by atoms with E-state index in [1.54, 1.807) is 12.4 Å². The van der Waals surface area contributed by atoms with Crippen LogP contribution in [-0.4, -0.2) is 10.9 Å². The number of pyridine rings is 1. The fraction of sp³-hybridized carbons (Fsp3) is 0.200. The van der Waals surface area contributed by atoms with E-state index < -0.39 is 0 Å². The van der Waals surface area contributed by atoms with Crippen molar-refractivity contribution >= 4 is 5.91 Å². The molecule has 2 aromatic rings. The molecule has 0 aliphatic rings. The molecule has 1 aromatic heterocycles. The standard InChI is InChI=1S/C15H16N2O/c1-12(14-7-3-2-4-8-14)15(18)17-11-13-6-5-9-16-10-13/h2-10,12H,11H2,1H3,(H,17,18)/t12-/m1/s1. The number of carbonyl (C=O) groups is 1. The molecule has 1 heterocycles. The minimum Gasteiger partial charge on any atom is -0.351 e. The summed E-state index contributed by atoms with van der Waals surface area (Å²) in [4.78, 5) is 16.0. The van der Waals surface area contributed by atoms with Gasteiger partial charge >= 0.3 is 0 Å². The van der Waals surface area contributed by atoms with Crippen LogP contribution >= 0.6 is 0 Å². The molecular formula is C15H16N2O. The molecule has 0 radical (unpaired) electrons. The van der Waals surface area contributed by atoms with Crippen molar-refractivity contribution in [3.8, 4) is 0 Å². The Morgan fingerprint density at radius 1 is 1.22 bits per heavy atom. The van der Waals surface area contributed by atoms with E-state index in [0.717, 1.165) is 11.1 Å². The van der Waals surface area contributed by atoms with Crippen LogP contribution in [-0.2, 0) is 11.3 Å². The van der Waals surface area contributed by atoms with E-state index in [1.807, 2.05) is 49.4 Å². The van der Waals surface area contributed by atoms with Crippen LogP contribution in [0.3, 0.4) is 0 Å². The van der Waals surface area contributed by atoms with Crippen molar-refractivity contribution in [2.24, 2.45) is 0 Å². The van der Waals surface area contributed by atoms with Crippen LogP contribution in [0.25, 0.3) is 0 Å². The minimum atomic E-state index is -0.136. The normalized spacial score (nSPS) is 11.8. The van der Waals surface area contributed by atoms with Gasteiger partial charge in [-0.2, -0.15) is 0 Å². The Morgan fingerprint density at radius 2 is 2.00 bits per heavy atom. The summed E-state index contributed by atoms with van der Waals surface area (Å²) >= 11 is 0. The Bertz CT molecular complexity index is 496. The summed E-state index contributed by atoms with van der Waals surface area (Å²) < 4.78 is 0. The van der Waals surface area contributed by atoms with Gasteiger partial charge in [0.2, 0.25) is 5.91 Å². The lowest BCUT2D eigenvalue weighted by Crippen LogP contribution is -2.27. The van der Waals surface area contributed by atoms with Gasteiger partial charge in [0.05, 0.1) is 5.92 Å². The highest BCUT2D eigenvalue weighted by atomic mass is 16.1. The number of rotatable bonds is 4. The van der Waals surface area contributed by atoms with E-state index in [1.165, 1.54) is 0 Å². The summed E-state index contributed by atoms with van der Waals surface area (Å²) in [5.41, 5.74) is 2.03. The predicted octanol–water partition coefficient (Wildman–Crippen LogP) is 2.50. The highest BCUT2D eigenvalue weighted by Gasteiger charge is 2.13. The number of nitrogens with one attached hydrogen (secondary N) is 1. The molecule has 1 N–H and O–H groups in total. The monoisotopic (exact) mass is 240 g/mol. The zero-order valence-electron chi connectivity index (χ0n) is 10.3. The molecule has 18 heavy (non-hydrogen) atoms. The molecule has 3 heteroatoms. The third kappa shape index (κ3) is 3.17. The highest BCUT2D eigenvalue weighted by Crippen LogP contribution is 2.14. The second kappa shape index (κ2) is 5.96. The summed E-state index contributed by atoms with van der Waals surface area (Å²) in [5.74, 6) is -0.104. The van der Waals surface area contributed by atoms with Crippen molar-refractivity contribution in [1.82, 2.24) is 10.3 Å². The zero-order valence-corrected chi connectivity index (χ0v) is 10.3. The van der Waals surface area contributed by atoms with Crippen molar-refractivity contribution in [2.75, 3.05) is 0 Å². The molecule has 0 bridgehead atoms. The summed E-state index contributed by atoms with van der Waals surface area (Å²) in [7, 11) is 0. The molecule has 0 aliphatic heterocycles. The molecule has 0 spiro atoms. The Kier molecular flexibility index (Phi) is 4.07. The van der Waals surface area contributed by atoms with E-state index in [4.69, 9.17) is 0 Å². The van der Waals surface area contributed by atoms with Crippen LogP contribution in [0, 0.1) is 0 Å². The predicted molar refractivity (Wildman–Crippen MR) is 70.9 cm³/mol. The largest absolute Gasteiger partial charge is 0.351 e. The van der Waals surface area contributed by atoms with Gasteiger partial charge in [-0.15, -0.1) is 0 Å². The van der Waals surface area contributed by atoms with Crippen LogP contribution in [0.4, 0.5) is 0 Å². The van der Waals surface area contributed by atoms with Crippen LogP contribution < -0.4 is 5.32 Å². The van der Waals surface area contributed by atoms with Gasteiger partial charge in [0.15, 0.2) is 0 Å². The number of aromatic nitrogens is 1. The Morgan fingerprint density at radius 3 is 2.67 bits per heavy atom. The van der Waals surface area contributed by atoms with Crippen LogP contribution in [0.1, 0.15) is 24.0 Å². The Labute approximate surface area is 107 Å². The molecule has 1 amide bonds. The smallest absolute Gasteiger partial charge is 0.227 e. The maximum absolute atomic E-state index is 12.0. The van der Waals surface area contributed by atoms with Crippen LogP contribution in [0.5, 0.6) is 0 Å². The van der Waals surface area contributed by atoms with E-state index >= 15 is 0 Å². The molecule has 0 unspecified atom stereocenters. The first-order chi connectivity index (χ1) is 8.77. The van der Waals surface area contributed by atoms with Crippen molar-refractivity contribution in [1.29, 1.82) is 0 Å². The summed E-state index contributed by atoms with van der Waals surface area (Å²) in [6.45, 7) is 2.43. The third-order valence-electron chi connectivity index (χ3n) is 2.88. The van der Waals surface area contributed by atoms with Gasteiger partial charge in [-0.05, 0) is 24.1 Å². The number of hydrogen-bond acceptors (Lipinski definition) is 2. The molecule has 2 rings (SSSR count). The highest BCUT2D eigenvalue weighted by molar-refractivity contribution is 5.83. The summed E-state index contributed by atoms with van der Waals surface area (Å²) in [6, 6.07) is 13.6. The first kappa shape index (κ1) is 12.3. The number of benzene rings is 1. The molecule has 0 saturated carbocycles. The van der Waals surface area contributed by atoms with E-state index in [2.05, 4.69) is 10.3 Å². The molecule has 1 atom stereocenters. The molecule has 1 aromatic carbocycles. The Hall–Kier alpha value is -2.16. The van der Waals surface area contributed by atoms with Crippen molar-refractivity contribution in [3.05, 3.63) is 66.0 Å². The van der Waals surface area contributed by atoms with Gasteiger partial charge < -0.3 is 5.32 Å². The number of nitrogens with zero attached hydrogens (tertiary/aromatic N) is 1. The van der Waals surface area contributed by atoms with Crippen molar-refractivity contribution < 1.29 is 4.79 Å². The zero-order chi connectivity index (χ0) is 12.8. The lowest BCUT2D eigenvalue weighted by Gasteiger charge is -2.12. The van der Waals surface area contributed by atoms with Crippen molar-refractivity contribution in [2.45, 2.75) is 19.4 Å². The van der Waals surface area contributed by atoms with Gasteiger partial charge in [0.1, 0.15) is 0 Å². The second-order valence-corrected chi connectivity index (χ2v) is 4.21. The molecule has 0 fully saturated rings. The maximum atomic E-state index is 12.0. The third-order valence-corrected chi connectivity index (χ3v) is 2.88. The first-order valence-electron chi connectivity index (χ1n) is 5.99. The number of amides is 1. The molecule has 92 valence electrons. The Balaban J connectivity index is 1.93. The fourth-order valence-electron chi connectivity index (χ4n) is 1.74. The first-order valence-corrected chi connectivity index (χ1v) is 5.99. The van der Waals surface area contributed by atoms with Crippen LogP contribution in [0.2, 0.25) is 0 Å². The fourth-order valence-corrected chi connectivity index (χ4v) is 1.74. The van der Waals surface area contributed by atoms with Gasteiger partial charge in [-0.3, -0.25) is 9.78 Å².